The Labute approximate surface area is 157 Å². The Balaban J connectivity index is 1.84. The zero-order valence-electron chi connectivity index (χ0n) is 13.9. The third kappa shape index (κ3) is 6.07. The number of amides is 2. The smallest absolute Gasteiger partial charge is 0.253 e. The first-order valence-corrected chi connectivity index (χ1v) is 8.87. The van der Waals surface area contributed by atoms with Crippen LogP contribution in [0, 0.1) is 0 Å². The van der Waals surface area contributed by atoms with E-state index in [2.05, 4.69) is 17.6 Å². The predicted molar refractivity (Wildman–Crippen MR) is 102 cm³/mol. The highest BCUT2D eigenvalue weighted by Crippen LogP contribution is 2.20. The fraction of sp³-hybridized carbons (Fsp3) is 0.263. The first-order chi connectivity index (χ1) is 12.0. The lowest BCUT2D eigenvalue weighted by molar-refractivity contribution is -0.115. The lowest BCUT2D eigenvalue weighted by atomic mass is 10.1. The van der Waals surface area contributed by atoms with Gasteiger partial charge < -0.3 is 10.6 Å². The van der Waals surface area contributed by atoms with E-state index in [1.807, 2.05) is 24.3 Å². The molecule has 0 heterocycles. The van der Waals surface area contributed by atoms with Crippen LogP contribution >= 0.6 is 23.2 Å². The van der Waals surface area contributed by atoms with Crippen molar-refractivity contribution in [3.05, 3.63) is 63.6 Å². The minimum atomic E-state index is -0.424. The van der Waals surface area contributed by atoms with Gasteiger partial charge in [-0.25, -0.2) is 0 Å². The first kappa shape index (κ1) is 19.3. The number of halogens is 2. The van der Waals surface area contributed by atoms with Crippen molar-refractivity contribution in [3.63, 3.8) is 0 Å². The van der Waals surface area contributed by atoms with Gasteiger partial charge in [0.25, 0.3) is 5.91 Å². The number of anilines is 1. The van der Waals surface area contributed by atoms with Gasteiger partial charge in [0.1, 0.15) is 0 Å². The topological polar surface area (TPSA) is 58.2 Å². The molecule has 0 aliphatic heterocycles. The van der Waals surface area contributed by atoms with Gasteiger partial charge in [-0.05, 0) is 48.7 Å². The number of aryl methyl sites for hydroxylation is 1. The predicted octanol–water partition coefficient (Wildman–Crippen LogP) is 4.70. The second-order valence-corrected chi connectivity index (χ2v) is 6.50. The van der Waals surface area contributed by atoms with E-state index < -0.39 is 5.91 Å². The summed E-state index contributed by atoms with van der Waals surface area (Å²) in [4.78, 5) is 24.0. The molecule has 132 valence electrons. The van der Waals surface area contributed by atoms with E-state index in [0.717, 1.165) is 19.3 Å². The van der Waals surface area contributed by atoms with Crippen molar-refractivity contribution in [3.8, 4) is 0 Å². The summed E-state index contributed by atoms with van der Waals surface area (Å²) < 4.78 is 0. The van der Waals surface area contributed by atoms with Crippen LogP contribution in [0.4, 0.5) is 5.69 Å². The van der Waals surface area contributed by atoms with Gasteiger partial charge in [0.05, 0.1) is 17.1 Å². The van der Waals surface area contributed by atoms with Crippen LogP contribution in [0.3, 0.4) is 0 Å². The fourth-order valence-corrected chi connectivity index (χ4v) is 2.76. The van der Waals surface area contributed by atoms with Crippen LogP contribution in [0.2, 0.25) is 10.0 Å². The molecule has 0 aliphatic carbocycles. The number of benzene rings is 2. The second kappa shape index (κ2) is 9.44. The van der Waals surface area contributed by atoms with Crippen molar-refractivity contribution in [2.75, 3.05) is 11.9 Å². The molecule has 2 rings (SSSR count). The lowest BCUT2D eigenvalue weighted by Crippen LogP contribution is -2.33. The van der Waals surface area contributed by atoms with Gasteiger partial charge in [0.15, 0.2) is 0 Å². The third-order valence-corrected chi connectivity index (χ3v) is 4.19. The fourth-order valence-electron chi connectivity index (χ4n) is 2.27. The Morgan fingerprint density at radius 1 is 1.04 bits per heavy atom. The molecule has 0 fully saturated rings. The average molecular weight is 379 g/mol. The summed E-state index contributed by atoms with van der Waals surface area (Å²) in [7, 11) is 0. The van der Waals surface area contributed by atoms with E-state index in [9.17, 15) is 9.59 Å². The van der Waals surface area contributed by atoms with Crippen molar-refractivity contribution in [1.29, 1.82) is 0 Å². The summed E-state index contributed by atoms with van der Waals surface area (Å²) in [5, 5.41) is 5.98. The summed E-state index contributed by atoms with van der Waals surface area (Å²) in [6, 6.07) is 12.3. The second-order valence-electron chi connectivity index (χ2n) is 5.66. The van der Waals surface area contributed by atoms with Crippen LogP contribution in [0.1, 0.15) is 35.7 Å². The normalized spacial score (nSPS) is 10.4. The number of carbonyl (C=O) groups excluding carboxylic acids is 2. The van der Waals surface area contributed by atoms with Gasteiger partial charge in [0.2, 0.25) is 5.91 Å². The van der Waals surface area contributed by atoms with E-state index in [1.54, 1.807) is 6.07 Å². The molecule has 0 unspecified atom stereocenters. The minimum Gasteiger partial charge on any atom is -0.343 e. The number of rotatable bonds is 7. The van der Waals surface area contributed by atoms with Gasteiger partial charge >= 0.3 is 0 Å². The summed E-state index contributed by atoms with van der Waals surface area (Å²) in [6.07, 6.45) is 3.32. The Kier molecular flexibility index (Phi) is 7.29. The molecule has 0 atom stereocenters. The average Bonchev–Trinajstić information content (AvgIpc) is 2.59. The quantitative estimate of drug-likeness (QED) is 0.732. The monoisotopic (exact) mass is 378 g/mol. The number of hydrogen-bond donors (Lipinski definition) is 2. The Morgan fingerprint density at radius 2 is 1.76 bits per heavy atom. The van der Waals surface area contributed by atoms with Gasteiger partial charge in [-0.3, -0.25) is 9.59 Å². The van der Waals surface area contributed by atoms with E-state index in [-0.39, 0.29) is 23.0 Å². The van der Waals surface area contributed by atoms with E-state index in [4.69, 9.17) is 23.2 Å². The highest BCUT2D eigenvalue weighted by atomic mass is 35.5. The highest BCUT2D eigenvalue weighted by molar-refractivity contribution is 6.36. The van der Waals surface area contributed by atoms with Crippen LogP contribution in [-0.2, 0) is 11.2 Å². The molecule has 0 aliphatic rings. The molecule has 2 aromatic rings. The molecule has 4 nitrogen and oxygen atoms in total. The van der Waals surface area contributed by atoms with Gasteiger partial charge in [-0.2, -0.15) is 0 Å². The van der Waals surface area contributed by atoms with E-state index in [0.29, 0.717) is 10.7 Å². The summed E-state index contributed by atoms with van der Waals surface area (Å²) in [6.45, 7) is 2.01. The number of unbranched alkanes of at least 4 members (excludes halogenated alkanes) is 1. The Hall–Kier alpha value is -2.04. The molecule has 25 heavy (non-hydrogen) atoms. The van der Waals surface area contributed by atoms with Crippen LogP contribution < -0.4 is 10.6 Å². The number of nitrogens with one attached hydrogen (secondary N) is 2. The van der Waals surface area contributed by atoms with E-state index >= 15 is 0 Å². The van der Waals surface area contributed by atoms with Gasteiger partial charge in [-0.15, -0.1) is 0 Å². The lowest BCUT2D eigenvalue weighted by Gasteiger charge is -2.09. The number of carbonyl (C=O) groups is 2. The van der Waals surface area contributed by atoms with Crippen molar-refractivity contribution in [2.45, 2.75) is 26.2 Å². The van der Waals surface area contributed by atoms with Crippen LogP contribution in [-0.4, -0.2) is 18.4 Å². The molecular formula is C19H20Cl2N2O2. The summed E-state index contributed by atoms with van der Waals surface area (Å²) in [5.74, 6) is -0.730. The molecule has 0 bridgehead atoms. The van der Waals surface area contributed by atoms with Crippen molar-refractivity contribution < 1.29 is 9.59 Å². The molecule has 2 aromatic carbocycles. The molecule has 0 saturated carbocycles. The maximum absolute atomic E-state index is 12.1. The molecule has 0 radical (unpaired) electrons. The van der Waals surface area contributed by atoms with Crippen LogP contribution in [0.25, 0.3) is 0 Å². The molecular weight excluding hydrogens is 359 g/mol. The molecule has 0 saturated heterocycles. The molecule has 2 N–H and O–H groups in total. The maximum Gasteiger partial charge on any atom is 0.253 e. The SMILES string of the molecule is CCCCc1ccc(NC(=O)CNC(=O)c2ccc(Cl)cc2Cl)cc1. The third-order valence-electron chi connectivity index (χ3n) is 3.64. The molecule has 0 aromatic heterocycles. The Bertz CT molecular complexity index is 746. The zero-order chi connectivity index (χ0) is 18.2. The van der Waals surface area contributed by atoms with Crippen molar-refractivity contribution in [1.82, 2.24) is 5.32 Å². The molecule has 6 heteroatoms. The highest BCUT2D eigenvalue weighted by Gasteiger charge is 2.12. The Morgan fingerprint density at radius 3 is 2.40 bits per heavy atom. The standard InChI is InChI=1S/C19H20Cl2N2O2/c1-2-3-4-13-5-8-15(9-6-13)23-18(24)12-22-19(25)16-10-7-14(20)11-17(16)21/h5-11H,2-4,12H2,1H3,(H,22,25)(H,23,24). The van der Waals surface area contributed by atoms with Crippen LogP contribution in [0.5, 0.6) is 0 Å². The van der Waals surface area contributed by atoms with Gasteiger partial charge in [-0.1, -0.05) is 48.7 Å². The molecule has 2 amide bonds. The minimum absolute atomic E-state index is 0.143. The molecule has 0 spiro atoms. The van der Waals surface area contributed by atoms with Crippen molar-refractivity contribution in [2.24, 2.45) is 0 Å². The summed E-state index contributed by atoms with van der Waals surface area (Å²) >= 11 is 11.8. The van der Waals surface area contributed by atoms with Gasteiger partial charge in [0, 0.05) is 10.7 Å². The van der Waals surface area contributed by atoms with E-state index in [1.165, 1.54) is 17.7 Å². The summed E-state index contributed by atoms with van der Waals surface area (Å²) in [5.41, 5.74) is 2.22. The number of hydrogen-bond acceptors (Lipinski definition) is 2. The first-order valence-electron chi connectivity index (χ1n) is 8.11. The maximum atomic E-state index is 12.1. The zero-order valence-corrected chi connectivity index (χ0v) is 15.5. The van der Waals surface area contributed by atoms with Crippen LogP contribution in [0.15, 0.2) is 42.5 Å². The largest absolute Gasteiger partial charge is 0.343 e. The van der Waals surface area contributed by atoms with Crippen molar-refractivity contribution >= 4 is 40.7 Å².